The first-order valence-electron chi connectivity index (χ1n) is 3.96. The normalized spacial score (nSPS) is 10.1. The lowest BCUT2D eigenvalue weighted by Crippen LogP contribution is -2.02. The van der Waals surface area contributed by atoms with Crippen molar-refractivity contribution in [3.05, 3.63) is 23.5 Å². The van der Waals surface area contributed by atoms with Crippen LogP contribution in [0.1, 0.15) is 6.92 Å². The van der Waals surface area contributed by atoms with Crippen LogP contribution in [0.5, 0.6) is 11.5 Å². The molecule has 0 bridgehead atoms. The van der Waals surface area contributed by atoms with E-state index in [4.69, 9.17) is 0 Å². The molecule has 0 fully saturated rings. The van der Waals surface area contributed by atoms with Crippen LogP contribution in [-0.2, 0) is 0 Å². The molecule has 0 saturated heterocycles. The van der Waals surface area contributed by atoms with Crippen LogP contribution in [0.2, 0.25) is 0 Å². The highest BCUT2D eigenvalue weighted by Crippen LogP contribution is 2.32. The fraction of sp³-hybridized carbons (Fsp3) is 0.333. The Morgan fingerprint density at radius 2 is 1.71 bits per heavy atom. The maximum absolute atomic E-state index is 13.3. The first-order valence-corrected chi connectivity index (χ1v) is 3.96. The van der Waals surface area contributed by atoms with Gasteiger partial charge in [0.15, 0.2) is 23.1 Å². The van der Waals surface area contributed by atoms with Gasteiger partial charge in [-0.05, 0) is 6.92 Å². The molecule has 5 heteroatoms. The van der Waals surface area contributed by atoms with E-state index in [2.05, 4.69) is 9.47 Å². The van der Waals surface area contributed by atoms with Gasteiger partial charge in [-0.1, -0.05) is 0 Å². The minimum absolute atomic E-state index is 0.0859. The third-order valence-electron chi connectivity index (χ3n) is 1.58. The fourth-order valence-corrected chi connectivity index (χ4v) is 1.02. The van der Waals surface area contributed by atoms with Gasteiger partial charge in [-0.2, -0.15) is 4.39 Å². The van der Waals surface area contributed by atoms with Crippen LogP contribution in [0.3, 0.4) is 0 Å². The number of hydrogen-bond donors (Lipinski definition) is 0. The Labute approximate surface area is 79.2 Å². The van der Waals surface area contributed by atoms with Gasteiger partial charge >= 0.3 is 0 Å². The number of methoxy groups -OCH3 is 1. The lowest BCUT2D eigenvalue weighted by Gasteiger charge is -2.09. The molecule has 0 aliphatic rings. The first kappa shape index (κ1) is 10.7. The number of hydrogen-bond acceptors (Lipinski definition) is 2. The molecule has 0 aliphatic heterocycles. The van der Waals surface area contributed by atoms with Gasteiger partial charge in [0.2, 0.25) is 5.82 Å². The molecule has 1 aromatic rings. The summed E-state index contributed by atoms with van der Waals surface area (Å²) in [4.78, 5) is 0. The van der Waals surface area contributed by atoms with Crippen LogP contribution in [0.15, 0.2) is 6.07 Å². The van der Waals surface area contributed by atoms with Crippen LogP contribution in [0.25, 0.3) is 0 Å². The second kappa shape index (κ2) is 4.21. The highest BCUT2D eigenvalue weighted by Gasteiger charge is 2.20. The third kappa shape index (κ3) is 1.76. The summed E-state index contributed by atoms with van der Waals surface area (Å²) in [7, 11) is 1.09. The molecule has 2 nitrogen and oxygen atoms in total. The van der Waals surface area contributed by atoms with Crippen molar-refractivity contribution in [2.75, 3.05) is 13.7 Å². The Morgan fingerprint density at radius 1 is 1.14 bits per heavy atom. The molecule has 0 amide bonds. The van der Waals surface area contributed by atoms with Gasteiger partial charge in [-0.25, -0.2) is 8.78 Å². The van der Waals surface area contributed by atoms with E-state index >= 15 is 0 Å². The smallest absolute Gasteiger partial charge is 0.212 e. The topological polar surface area (TPSA) is 18.5 Å². The molecule has 14 heavy (non-hydrogen) atoms. The minimum atomic E-state index is -1.16. The van der Waals surface area contributed by atoms with Crippen molar-refractivity contribution in [2.45, 2.75) is 6.92 Å². The van der Waals surface area contributed by atoms with Crippen LogP contribution < -0.4 is 9.47 Å². The molecule has 0 atom stereocenters. The molecule has 0 spiro atoms. The second-order valence-corrected chi connectivity index (χ2v) is 2.45. The monoisotopic (exact) mass is 206 g/mol. The Hall–Kier alpha value is -1.39. The molecule has 1 aromatic carbocycles. The summed E-state index contributed by atoms with van der Waals surface area (Å²) in [6, 6.07) is 0.521. The Bertz CT molecular complexity index is 339. The van der Waals surface area contributed by atoms with E-state index in [1.807, 2.05) is 0 Å². The summed E-state index contributed by atoms with van der Waals surface area (Å²) in [5.74, 6) is -4.60. The Morgan fingerprint density at radius 3 is 2.21 bits per heavy atom. The average Bonchev–Trinajstić information content (AvgIpc) is 2.12. The van der Waals surface area contributed by atoms with Crippen LogP contribution in [-0.4, -0.2) is 13.7 Å². The van der Waals surface area contributed by atoms with Crippen LogP contribution in [0.4, 0.5) is 13.2 Å². The largest absolute Gasteiger partial charge is 0.491 e. The van der Waals surface area contributed by atoms with Gasteiger partial charge in [-0.3, -0.25) is 0 Å². The van der Waals surface area contributed by atoms with Crippen molar-refractivity contribution in [1.29, 1.82) is 0 Å². The zero-order valence-electron chi connectivity index (χ0n) is 7.73. The van der Waals surface area contributed by atoms with Crippen molar-refractivity contribution in [3.63, 3.8) is 0 Å². The van der Waals surface area contributed by atoms with E-state index in [9.17, 15) is 13.2 Å². The predicted octanol–water partition coefficient (Wildman–Crippen LogP) is 2.51. The van der Waals surface area contributed by atoms with E-state index in [0.717, 1.165) is 7.11 Å². The molecule has 0 saturated carbocycles. The fourth-order valence-electron chi connectivity index (χ4n) is 1.02. The van der Waals surface area contributed by atoms with E-state index in [1.54, 1.807) is 6.92 Å². The summed E-state index contributed by atoms with van der Waals surface area (Å²) in [6.45, 7) is 1.65. The van der Waals surface area contributed by atoms with Gasteiger partial charge in [0.05, 0.1) is 13.7 Å². The van der Waals surface area contributed by atoms with Gasteiger partial charge in [-0.15, -0.1) is 0 Å². The molecule has 0 aromatic heterocycles. The molecule has 0 radical (unpaired) electrons. The lowest BCUT2D eigenvalue weighted by molar-refractivity contribution is 0.284. The van der Waals surface area contributed by atoms with Gasteiger partial charge in [0.25, 0.3) is 0 Å². The molecular weight excluding hydrogens is 197 g/mol. The van der Waals surface area contributed by atoms with E-state index < -0.39 is 29.0 Å². The number of halogens is 3. The van der Waals surface area contributed by atoms with E-state index in [-0.39, 0.29) is 6.61 Å². The van der Waals surface area contributed by atoms with Crippen molar-refractivity contribution >= 4 is 0 Å². The first-order chi connectivity index (χ1) is 6.61. The highest BCUT2D eigenvalue weighted by molar-refractivity contribution is 5.38. The number of rotatable bonds is 3. The third-order valence-corrected chi connectivity index (χ3v) is 1.58. The number of ether oxygens (including phenoxy) is 2. The molecule has 0 unspecified atom stereocenters. The Balaban J connectivity index is 3.28. The molecule has 0 N–H and O–H groups in total. The summed E-state index contributed by atoms with van der Waals surface area (Å²) in [5, 5.41) is 0. The molecule has 1 rings (SSSR count). The van der Waals surface area contributed by atoms with Crippen molar-refractivity contribution < 1.29 is 22.6 Å². The predicted molar refractivity (Wildman–Crippen MR) is 44.0 cm³/mol. The molecule has 0 heterocycles. The molecule has 0 aliphatic carbocycles. The zero-order valence-corrected chi connectivity index (χ0v) is 7.73. The summed E-state index contributed by atoms with van der Waals surface area (Å²) in [5.41, 5.74) is 0. The van der Waals surface area contributed by atoms with E-state index in [1.165, 1.54) is 0 Å². The SMILES string of the molecule is CCOc1c(F)cc(F)c(OC)c1F. The second-order valence-electron chi connectivity index (χ2n) is 2.45. The van der Waals surface area contributed by atoms with Crippen LogP contribution >= 0.6 is 0 Å². The lowest BCUT2D eigenvalue weighted by atomic mass is 10.3. The van der Waals surface area contributed by atoms with Gasteiger partial charge in [0.1, 0.15) is 0 Å². The Kier molecular flexibility index (Phi) is 3.22. The molecular formula is C9H9F3O2. The van der Waals surface area contributed by atoms with E-state index in [0.29, 0.717) is 6.07 Å². The maximum atomic E-state index is 13.3. The summed E-state index contributed by atoms with van der Waals surface area (Å²) >= 11 is 0. The maximum Gasteiger partial charge on any atom is 0.212 e. The molecule has 78 valence electrons. The number of benzene rings is 1. The van der Waals surface area contributed by atoms with Crippen molar-refractivity contribution in [3.8, 4) is 11.5 Å². The zero-order chi connectivity index (χ0) is 10.7. The highest BCUT2D eigenvalue weighted by atomic mass is 19.1. The van der Waals surface area contributed by atoms with Gasteiger partial charge in [0, 0.05) is 6.07 Å². The quantitative estimate of drug-likeness (QED) is 0.756. The van der Waals surface area contributed by atoms with Crippen molar-refractivity contribution in [2.24, 2.45) is 0 Å². The van der Waals surface area contributed by atoms with Crippen LogP contribution in [0, 0.1) is 17.5 Å². The minimum Gasteiger partial charge on any atom is -0.491 e. The summed E-state index contributed by atoms with van der Waals surface area (Å²) < 4.78 is 48.2. The van der Waals surface area contributed by atoms with Gasteiger partial charge < -0.3 is 9.47 Å². The average molecular weight is 206 g/mol. The standard InChI is InChI=1S/C9H9F3O2/c1-3-14-9-6(11)4-5(10)8(13-2)7(9)12/h4H,3H2,1-2H3. The van der Waals surface area contributed by atoms with Crippen molar-refractivity contribution in [1.82, 2.24) is 0 Å². The summed E-state index contributed by atoms with van der Waals surface area (Å²) in [6.07, 6.45) is 0.